The Morgan fingerprint density at radius 3 is 2.26 bits per heavy atom. The number of hydrogen-bond acceptors (Lipinski definition) is 4. The molecule has 0 aliphatic rings. The van der Waals surface area contributed by atoms with E-state index in [9.17, 15) is 15.0 Å². The van der Waals surface area contributed by atoms with Gasteiger partial charge in [0, 0.05) is 12.0 Å². The molecule has 3 N–H and O–H groups in total. The van der Waals surface area contributed by atoms with Crippen LogP contribution in [0.4, 0.5) is 0 Å². The van der Waals surface area contributed by atoms with Gasteiger partial charge in [-0.3, -0.25) is 4.79 Å². The summed E-state index contributed by atoms with van der Waals surface area (Å²) in [5, 5.41) is 22.0. The van der Waals surface area contributed by atoms with Gasteiger partial charge < -0.3 is 15.5 Å². The Labute approximate surface area is 114 Å². The van der Waals surface area contributed by atoms with Crippen molar-refractivity contribution in [1.29, 1.82) is 0 Å². The van der Waals surface area contributed by atoms with Gasteiger partial charge in [-0.2, -0.15) is 0 Å². The lowest BCUT2D eigenvalue weighted by molar-refractivity contribution is -0.124. The molecule has 0 aliphatic carbocycles. The van der Waals surface area contributed by atoms with Gasteiger partial charge >= 0.3 is 0 Å². The number of phenolic OH excluding ortho intramolecular Hbond substituents is 2. The Kier molecular flexibility index (Phi) is 5.36. The summed E-state index contributed by atoms with van der Waals surface area (Å²) in [5.74, 6) is -0.187. The smallest absolute Gasteiger partial charge is 0.157 e. The zero-order valence-electron chi connectivity index (χ0n) is 12.0. The van der Waals surface area contributed by atoms with Crippen LogP contribution in [0.2, 0.25) is 0 Å². The summed E-state index contributed by atoms with van der Waals surface area (Å²) in [5.41, 5.74) is 0.822. The number of Topliss-reactive ketones (excluding diaryl/α,β-unsaturated/α-hetero) is 1. The van der Waals surface area contributed by atoms with Crippen molar-refractivity contribution in [2.24, 2.45) is 5.92 Å². The van der Waals surface area contributed by atoms with E-state index in [0.717, 1.165) is 5.56 Å². The number of nitrogens with one attached hydrogen (secondary N) is 1. The van der Waals surface area contributed by atoms with E-state index in [0.29, 0.717) is 6.42 Å². The third-order valence-corrected chi connectivity index (χ3v) is 2.93. The number of aromatic hydroxyl groups is 2. The van der Waals surface area contributed by atoms with Crippen molar-refractivity contribution in [1.82, 2.24) is 5.32 Å². The highest BCUT2D eigenvalue weighted by molar-refractivity contribution is 5.86. The van der Waals surface area contributed by atoms with Gasteiger partial charge in [0.05, 0.1) is 6.04 Å². The monoisotopic (exact) mass is 265 g/mol. The van der Waals surface area contributed by atoms with Gasteiger partial charge in [-0.1, -0.05) is 33.8 Å². The van der Waals surface area contributed by atoms with Crippen LogP contribution >= 0.6 is 0 Å². The highest BCUT2D eigenvalue weighted by atomic mass is 16.3. The third-order valence-electron chi connectivity index (χ3n) is 2.93. The lowest BCUT2D eigenvalue weighted by atomic mass is 9.95. The molecular weight excluding hydrogens is 242 g/mol. The first kappa shape index (κ1) is 15.5. The fourth-order valence-electron chi connectivity index (χ4n) is 1.98. The molecule has 1 unspecified atom stereocenters. The van der Waals surface area contributed by atoms with E-state index in [1.54, 1.807) is 6.07 Å². The zero-order chi connectivity index (χ0) is 14.6. The molecule has 0 aliphatic heterocycles. The number of phenols is 2. The molecule has 4 nitrogen and oxygen atoms in total. The molecule has 0 heterocycles. The topological polar surface area (TPSA) is 69.6 Å². The van der Waals surface area contributed by atoms with E-state index in [4.69, 9.17) is 0 Å². The van der Waals surface area contributed by atoms with Crippen LogP contribution in [-0.4, -0.2) is 28.1 Å². The molecule has 1 atom stereocenters. The molecule has 0 aromatic heterocycles. The molecule has 0 amide bonds. The lowest BCUT2D eigenvalue weighted by Gasteiger charge is -2.22. The van der Waals surface area contributed by atoms with Crippen molar-refractivity contribution in [3.8, 4) is 11.5 Å². The normalized spacial score (nSPS) is 12.9. The molecule has 1 aromatic carbocycles. The maximum absolute atomic E-state index is 12.2. The SMILES string of the molecule is CC(C)NC(Cc1ccc(O)c(O)c1)C(=O)C(C)C. The molecule has 4 heteroatoms. The van der Waals surface area contributed by atoms with E-state index >= 15 is 0 Å². The molecule has 1 rings (SSSR count). The quantitative estimate of drug-likeness (QED) is 0.690. The van der Waals surface area contributed by atoms with Gasteiger partial charge in [0.1, 0.15) is 0 Å². The number of carbonyl (C=O) groups excluding carboxylic acids is 1. The molecular formula is C15H23NO3. The number of benzene rings is 1. The Hall–Kier alpha value is -1.55. The summed E-state index contributed by atoms with van der Waals surface area (Å²) in [6, 6.07) is 4.59. The standard InChI is InChI=1S/C15H23NO3/c1-9(2)15(19)12(16-10(3)4)7-11-5-6-13(17)14(18)8-11/h5-6,8-10,12,16-18H,7H2,1-4H3. The summed E-state index contributed by atoms with van der Waals surface area (Å²) in [7, 11) is 0. The molecule has 0 radical (unpaired) electrons. The average molecular weight is 265 g/mol. The first-order valence-electron chi connectivity index (χ1n) is 6.62. The number of ketones is 1. The molecule has 0 bridgehead atoms. The maximum atomic E-state index is 12.2. The Balaban J connectivity index is 2.87. The van der Waals surface area contributed by atoms with Crippen LogP contribution in [0.15, 0.2) is 18.2 Å². The average Bonchev–Trinajstić information content (AvgIpc) is 2.31. The van der Waals surface area contributed by atoms with E-state index in [2.05, 4.69) is 5.32 Å². The first-order chi connectivity index (χ1) is 8.81. The number of hydrogen-bond donors (Lipinski definition) is 3. The van der Waals surface area contributed by atoms with Crippen LogP contribution < -0.4 is 5.32 Å². The second kappa shape index (κ2) is 6.57. The summed E-state index contributed by atoms with van der Waals surface area (Å²) in [4.78, 5) is 12.2. The largest absolute Gasteiger partial charge is 0.504 e. The zero-order valence-corrected chi connectivity index (χ0v) is 12.0. The van der Waals surface area contributed by atoms with Gasteiger partial charge in [-0.25, -0.2) is 0 Å². The fraction of sp³-hybridized carbons (Fsp3) is 0.533. The van der Waals surface area contributed by atoms with Gasteiger partial charge in [0.25, 0.3) is 0 Å². The third kappa shape index (κ3) is 4.56. The molecule has 1 aromatic rings. The Bertz CT molecular complexity index is 441. The molecule has 0 saturated carbocycles. The van der Waals surface area contributed by atoms with Gasteiger partial charge in [-0.15, -0.1) is 0 Å². The second-order valence-electron chi connectivity index (χ2n) is 5.46. The molecule has 0 spiro atoms. The van der Waals surface area contributed by atoms with E-state index in [1.807, 2.05) is 27.7 Å². The molecule has 106 valence electrons. The van der Waals surface area contributed by atoms with E-state index in [1.165, 1.54) is 12.1 Å². The van der Waals surface area contributed by atoms with Crippen molar-refractivity contribution < 1.29 is 15.0 Å². The highest BCUT2D eigenvalue weighted by Crippen LogP contribution is 2.25. The van der Waals surface area contributed by atoms with E-state index < -0.39 is 0 Å². The van der Waals surface area contributed by atoms with Crippen molar-refractivity contribution in [3.05, 3.63) is 23.8 Å². The summed E-state index contributed by atoms with van der Waals surface area (Å²) < 4.78 is 0. The minimum atomic E-state index is -0.274. The molecule has 0 fully saturated rings. The van der Waals surface area contributed by atoms with Crippen LogP contribution in [0.5, 0.6) is 11.5 Å². The first-order valence-corrected chi connectivity index (χ1v) is 6.62. The van der Waals surface area contributed by atoms with E-state index in [-0.39, 0.29) is 35.3 Å². The fourth-order valence-corrected chi connectivity index (χ4v) is 1.98. The van der Waals surface area contributed by atoms with Crippen LogP contribution in [0.1, 0.15) is 33.3 Å². The summed E-state index contributed by atoms with van der Waals surface area (Å²) in [6.45, 7) is 7.75. The van der Waals surface area contributed by atoms with Crippen molar-refractivity contribution in [3.63, 3.8) is 0 Å². The van der Waals surface area contributed by atoms with Crippen LogP contribution in [0.3, 0.4) is 0 Å². The molecule has 19 heavy (non-hydrogen) atoms. The minimum Gasteiger partial charge on any atom is -0.504 e. The minimum absolute atomic E-state index is 0.0399. The predicted octanol–water partition coefficient (Wildman–Crippen LogP) is 2.23. The van der Waals surface area contributed by atoms with Gasteiger partial charge in [0.15, 0.2) is 17.3 Å². The van der Waals surface area contributed by atoms with Crippen LogP contribution in [-0.2, 0) is 11.2 Å². The summed E-state index contributed by atoms with van der Waals surface area (Å²) in [6.07, 6.45) is 0.503. The second-order valence-corrected chi connectivity index (χ2v) is 5.46. The van der Waals surface area contributed by atoms with Crippen molar-refractivity contribution in [2.75, 3.05) is 0 Å². The van der Waals surface area contributed by atoms with Gasteiger partial charge in [0.2, 0.25) is 0 Å². The number of rotatable bonds is 6. The predicted molar refractivity (Wildman–Crippen MR) is 75.4 cm³/mol. The Morgan fingerprint density at radius 2 is 1.79 bits per heavy atom. The lowest BCUT2D eigenvalue weighted by Crippen LogP contribution is -2.44. The molecule has 0 saturated heterocycles. The maximum Gasteiger partial charge on any atom is 0.157 e. The number of carbonyl (C=O) groups is 1. The van der Waals surface area contributed by atoms with Crippen LogP contribution in [0.25, 0.3) is 0 Å². The summed E-state index contributed by atoms with van der Waals surface area (Å²) >= 11 is 0. The van der Waals surface area contributed by atoms with Crippen LogP contribution in [0, 0.1) is 5.92 Å². The van der Waals surface area contributed by atoms with Crippen molar-refractivity contribution in [2.45, 2.75) is 46.2 Å². The highest BCUT2D eigenvalue weighted by Gasteiger charge is 2.22. The Morgan fingerprint density at radius 1 is 1.16 bits per heavy atom. The van der Waals surface area contributed by atoms with Gasteiger partial charge in [-0.05, 0) is 24.1 Å². The van der Waals surface area contributed by atoms with Crippen molar-refractivity contribution >= 4 is 5.78 Å².